The highest BCUT2D eigenvalue weighted by Crippen LogP contribution is 2.22. The van der Waals surface area contributed by atoms with Crippen LogP contribution in [0.25, 0.3) is 0 Å². The van der Waals surface area contributed by atoms with Crippen LogP contribution in [-0.4, -0.2) is 54.4 Å². The van der Waals surface area contributed by atoms with Crippen LogP contribution in [-0.2, 0) is 10.2 Å². The monoisotopic (exact) mass is 262 g/mol. The summed E-state index contributed by atoms with van der Waals surface area (Å²) in [6, 6.07) is -0.271. The molecule has 1 saturated heterocycles. The van der Waals surface area contributed by atoms with E-state index in [1.165, 1.54) is 8.61 Å². The predicted molar refractivity (Wildman–Crippen MR) is 67.8 cm³/mol. The number of aliphatic hydroxyl groups excluding tert-OH is 1. The van der Waals surface area contributed by atoms with Crippen LogP contribution in [0.1, 0.15) is 26.2 Å². The minimum absolute atomic E-state index is 0.106. The lowest BCUT2D eigenvalue weighted by molar-refractivity contribution is 0.148. The van der Waals surface area contributed by atoms with Crippen molar-refractivity contribution in [2.24, 2.45) is 0 Å². The molecule has 0 aromatic rings. The minimum Gasteiger partial charge on any atom is -0.395 e. The summed E-state index contributed by atoms with van der Waals surface area (Å²) in [6.07, 6.45) is 4.16. The maximum absolute atomic E-state index is 12.4. The molecule has 1 fully saturated rings. The van der Waals surface area contributed by atoms with Crippen LogP contribution in [0.3, 0.4) is 0 Å². The zero-order valence-corrected chi connectivity index (χ0v) is 11.2. The smallest absolute Gasteiger partial charge is 0.282 e. The van der Waals surface area contributed by atoms with E-state index < -0.39 is 10.2 Å². The molecule has 0 radical (unpaired) electrons. The van der Waals surface area contributed by atoms with Crippen molar-refractivity contribution in [2.45, 2.75) is 32.2 Å². The first-order valence-corrected chi connectivity index (χ1v) is 7.46. The minimum atomic E-state index is -3.46. The first-order chi connectivity index (χ1) is 8.07. The van der Waals surface area contributed by atoms with Gasteiger partial charge in [0.05, 0.1) is 6.61 Å². The van der Waals surface area contributed by atoms with Gasteiger partial charge in [-0.15, -0.1) is 6.58 Å². The van der Waals surface area contributed by atoms with Gasteiger partial charge in [0.2, 0.25) is 0 Å². The van der Waals surface area contributed by atoms with Gasteiger partial charge in [-0.05, 0) is 12.8 Å². The van der Waals surface area contributed by atoms with Crippen LogP contribution >= 0.6 is 0 Å². The molecule has 1 rings (SSSR count). The highest BCUT2D eigenvalue weighted by atomic mass is 32.2. The molecule has 0 amide bonds. The first kappa shape index (κ1) is 14.6. The lowest BCUT2D eigenvalue weighted by atomic mass is 10.1. The van der Waals surface area contributed by atoms with Gasteiger partial charge in [0.15, 0.2) is 0 Å². The summed E-state index contributed by atoms with van der Waals surface area (Å²) in [6.45, 7) is 6.50. The molecule has 0 spiro atoms. The van der Waals surface area contributed by atoms with Gasteiger partial charge in [-0.3, -0.25) is 0 Å². The lowest BCUT2D eigenvalue weighted by Gasteiger charge is -2.36. The second kappa shape index (κ2) is 6.49. The van der Waals surface area contributed by atoms with E-state index in [2.05, 4.69) is 6.58 Å². The maximum atomic E-state index is 12.4. The number of likely N-dealkylation sites (N-methyl/N-ethyl adjacent to an activating group) is 1. The van der Waals surface area contributed by atoms with E-state index in [9.17, 15) is 13.5 Å². The molecule has 6 heteroatoms. The van der Waals surface area contributed by atoms with Gasteiger partial charge in [-0.1, -0.05) is 19.4 Å². The van der Waals surface area contributed by atoms with E-state index >= 15 is 0 Å². The quantitative estimate of drug-likeness (QED) is 0.713. The van der Waals surface area contributed by atoms with Crippen molar-refractivity contribution in [1.29, 1.82) is 0 Å². The average Bonchev–Trinajstić information content (AvgIpc) is 2.35. The third-order valence-corrected chi connectivity index (χ3v) is 5.23. The van der Waals surface area contributed by atoms with Crippen LogP contribution in [0.15, 0.2) is 12.7 Å². The van der Waals surface area contributed by atoms with Crippen LogP contribution < -0.4 is 0 Å². The molecular weight excluding hydrogens is 240 g/mol. The van der Waals surface area contributed by atoms with E-state index in [-0.39, 0.29) is 12.6 Å². The molecule has 1 aliphatic rings. The summed E-state index contributed by atoms with van der Waals surface area (Å²) in [7, 11) is -3.46. The number of rotatable bonds is 6. The summed E-state index contributed by atoms with van der Waals surface area (Å²) in [5.74, 6) is 0. The zero-order valence-electron chi connectivity index (χ0n) is 10.4. The van der Waals surface area contributed by atoms with Crippen molar-refractivity contribution in [2.75, 3.05) is 26.2 Å². The Kier molecular flexibility index (Phi) is 5.58. The Morgan fingerprint density at radius 1 is 1.53 bits per heavy atom. The Labute approximate surface area is 104 Å². The number of hydrogen-bond acceptors (Lipinski definition) is 3. The van der Waals surface area contributed by atoms with Gasteiger partial charge in [-0.2, -0.15) is 17.0 Å². The van der Waals surface area contributed by atoms with Crippen molar-refractivity contribution in [1.82, 2.24) is 8.61 Å². The van der Waals surface area contributed by atoms with Gasteiger partial charge in [0, 0.05) is 25.7 Å². The van der Waals surface area contributed by atoms with Gasteiger partial charge < -0.3 is 5.11 Å². The molecule has 1 atom stereocenters. The molecule has 1 unspecified atom stereocenters. The number of nitrogens with zero attached hydrogens (tertiary/aromatic N) is 2. The molecule has 5 nitrogen and oxygen atoms in total. The Hall–Kier alpha value is -0.430. The summed E-state index contributed by atoms with van der Waals surface area (Å²) in [5.41, 5.74) is 0. The second-order valence-electron chi connectivity index (χ2n) is 4.19. The molecule has 0 aromatic heterocycles. The van der Waals surface area contributed by atoms with Crippen molar-refractivity contribution in [3.8, 4) is 0 Å². The van der Waals surface area contributed by atoms with E-state index in [0.29, 0.717) is 19.6 Å². The third-order valence-electron chi connectivity index (χ3n) is 3.09. The Bertz CT molecular complexity index is 343. The predicted octanol–water partition coefficient (Wildman–Crippen LogP) is 0.586. The normalized spacial score (nSPS) is 22.9. The standard InChI is InChI=1S/C11H22N2O3S/c1-3-8-12(4-2)17(15,16)13-9-6-5-7-11(13)10-14/h3,11,14H,1,4-10H2,2H3. The number of aliphatic hydroxyl groups is 1. The largest absolute Gasteiger partial charge is 0.395 e. The van der Waals surface area contributed by atoms with Crippen LogP contribution in [0.2, 0.25) is 0 Å². The SMILES string of the molecule is C=CCN(CC)S(=O)(=O)N1CCCCC1CO. The Morgan fingerprint density at radius 2 is 2.24 bits per heavy atom. The van der Waals surface area contributed by atoms with Crippen molar-refractivity contribution in [3.63, 3.8) is 0 Å². The Balaban J connectivity index is 2.89. The van der Waals surface area contributed by atoms with Crippen molar-refractivity contribution >= 4 is 10.2 Å². The summed E-state index contributed by atoms with van der Waals surface area (Å²) < 4.78 is 27.6. The third kappa shape index (κ3) is 3.28. The van der Waals surface area contributed by atoms with E-state index in [0.717, 1.165) is 19.3 Å². The highest BCUT2D eigenvalue weighted by molar-refractivity contribution is 7.86. The highest BCUT2D eigenvalue weighted by Gasteiger charge is 2.34. The fraction of sp³-hybridized carbons (Fsp3) is 0.818. The van der Waals surface area contributed by atoms with Crippen LogP contribution in [0.4, 0.5) is 0 Å². The van der Waals surface area contributed by atoms with Gasteiger partial charge in [0.1, 0.15) is 0 Å². The van der Waals surface area contributed by atoms with E-state index in [4.69, 9.17) is 0 Å². The fourth-order valence-corrected chi connectivity index (χ4v) is 3.96. The molecule has 0 bridgehead atoms. The molecule has 0 aliphatic carbocycles. The fourth-order valence-electron chi connectivity index (χ4n) is 2.14. The van der Waals surface area contributed by atoms with Crippen molar-refractivity contribution in [3.05, 3.63) is 12.7 Å². The van der Waals surface area contributed by atoms with E-state index in [1.807, 2.05) is 0 Å². The van der Waals surface area contributed by atoms with Crippen molar-refractivity contribution < 1.29 is 13.5 Å². The summed E-state index contributed by atoms with van der Waals surface area (Å²) in [4.78, 5) is 0. The molecule has 0 saturated carbocycles. The average molecular weight is 262 g/mol. The molecular formula is C11H22N2O3S. The molecule has 1 heterocycles. The van der Waals surface area contributed by atoms with Crippen LogP contribution in [0.5, 0.6) is 0 Å². The van der Waals surface area contributed by atoms with Gasteiger partial charge in [-0.25, -0.2) is 0 Å². The van der Waals surface area contributed by atoms with Crippen LogP contribution in [0, 0.1) is 0 Å². The summed E-state index contributed by atoms with van der Waals surface area (Å²) in [5, 5.41) is 9.26. The Morgan fingerprint density at radius 3 is 2.76 bits per heavy atom. The van der Waals surface area contributed by atoms with Gasteiger partial charge in [0.25, 0.3) is 10.2 Å². The molecule has 100 valence electrons. The second-order valence-corrected chi connectivity index (χ2v) is 6.07. The lowest BCUT2D eigenvalue weighted by Crippen LogP contribution is -2.51. The first-order valence-electron chi connectivity index (χ1n) is 6.06. The molecule has 1 N–H and O–H groups in total. The maximum Gasteiger partial charge on any atom is 0.282 e. The van der Waals surface area contributed by atoms with Gasteiger partial charge >= 0.3 is 0 Å². The summed E-state index contributed by atoms with van der Waals surface area (Å²) >= 11 is 0. The molecule has 0 aromatic carbocycles. The molecule has 17 heavy (non-hydrogen) atoms. The topological polar surface area (TPSA) is 60.9 Å². The molecule has 1 aliphatic heterocycles. The number of piperidine rings is 1. The number of hydrogen-bond donors (Lipinski definition) is 1. The van der Waals surface area contributed by atoms with E-state index in [1.54, 1.807) is 13.0 Å². The zero-order chi connectivity index (χ0) is 12.9.